The monoisotopic (exact) mass is 600 g/mol. The zero-order valence-corrected chi connectivity index (χ0v) is 23.9. The van der Waals surface area contributed by atoms with E-state index in [1.807, 2.05) is 48.5 Å². The third kappa shape index (κ3) is 7.85. The molecule has 12 heteroatoms. The second-order valence-corrected chi connectivity index (χ2v) is 10.1. The van der Waals surface area contributed by atoms with E-state index >= 15 is 0 Å². The van der Waals surface area contributed by atoms with Gasteiger partial charge in [-0.15, -0.1) is 0 Å². The maximum absolute atomic E-state index is 13.0. The summed E-state index contributed by atoms with van der Waals surface area (Å²) >= 11 is 0. The molecule has 4 rings (SSSR count). The first-order valence-electron chi connectivity index (χ1n) is 13.9. The lowest BCUT2D eigenvalue weighted by molar-refractivity contribution is -0.141. The summed E-state index contributed by atoms with van der Waals surface area (Å²) in [5.41, 5.74) is 4.42. The van der Waals surface area contributed by atoms with Crippen LogP contribution in [0.1, 0.15) is 40.7 Å². The first-order valence-corrected chi connectivity index (χ1v) is 13.9. The van der Waals surface area contributed by atoms with E-state index in [1.54, 1.807) is 30.3 Å². The van der Waals surface area contributed by atoms with Crippen LogP contribution in [0.4, 0.5) is 4.79 Å². The number of hydrogen-bond donors (Lipinski definition) is 5. The molecular formula is C32H32N4O8. The Balaban J connectivity index is 1.39. The number of carbonyl (C=O) groups excluding carboxylic acids is 5. The Kier molecular flexibility index (Phi) is 10.4. The van der Waals surface area contributed by atoms with Crippen LogP contribution in [0.25, 0.3) is 11.1 Å². The molecule has 5 N–H and O–H groups in total. The molecule has 3 aromatic carbocycles. The smallest absolute Gasteiger partial charge is 0.407 e. The molecule has 0 unspecified atom stereocenters. The zero-order chi connectivity index (χ0) is 31.6. The number of carboxylic acid groups (broad SMARTS) is 1. The summed E-state index contributed by atoms with van der Waals surface area (Å²) in [6.07, 6.45) is -1.30. The number of ketones is 1. The van der Waals surface area contributed by atoms with Crippen LogP contribution in [0.5, 0.6) is 0 Å². The molecule has 0 radical (unpaired) electrons. The van der Waals surface area contributed by atoms with Crippen LogP contribution in [-0.4, -0.2) is 72.5 Å². The Labute approximate surface area is 253 Å². The number of carboxylic acids is 1. The molecule has 1 aliphatic rings. The van der Waals surface area contributed by atoms with Crippen molar-refractivity contribution in [3.63, 3.8) is 0 Å². The molecule has 228 valence electrons. The van der Waals surface area contributed by atoms with Gasteiger partial charge < -0.3 is 31.1 Å². The van der Waals surface area contributed by atoms with E-state index in [0.29, 0.717) is 5.56 Å². The van der Waals surface area contributed by atoms with Crippen molar-refractivity contribution in [3.8, 4) is 11.1 Å². The van der Waals surface area contributed by atoms with Crippen molar-refractivity contribution in [2.24, 2.45) is 0 Å². The maximum atomic E-state index is 13.0. The molecule has 0 saturated carbocycles. The van der Waals surface area contributed by atoms with E-state index in [-0.39, 0.29) is 19.1 Å². The van der Waals surface area contributed by atoms with E-state index in [2.05, 4.69) is 21.3 Å². The van der Waals surface area contributed by atoms with Gasteiger partial charge in [0.15, 0.2) is 0 Å². The molecule has 0 saturated heterocycles. The largest absolute Gasteiger partial charge is 0.481 e. The highest BCUT2D eigenvalue weighted by molar-refractivity contribution is 6.38. The number of aliphatic carboxylic acids is 1. The molecule has 0 bridgehead atoms. The fourth-order valence-corrected chi connectivity index (χ4v) is 4.91. The lowest BCUT2D eigenvalue weighted by atomic mass is 9.98. The van der Waals surface area contributed by atoms with Crippen molar-refractivity contribution in [3.05, 3.63) is 95.6 Å². The lowest BCUT2D eigenvalue weighted by Crippen LogP contribution is -2.58. The van der Waals surface area contributed by atoms with Crippen molar-refractivity contribution in [1.82, 2.24) is 21.3 Å². The minimum absolute atomic E-state index is 0.00125. The summed E-state index contributed by atoms with van der Waals surface area (Å²) < 4.78 is 5.53. The molecule has 12 nitrogen and oxygen atoms in total. The molecule has 0 fully saturated rings. The average Bonchev–Trinajstić information content (AvgIpc) is 3.34. The fraction of sp³-hybridized carbons (Fsp3) is 0.250. The van der Waals surface area contributed by atoms with Crippen molar-refractivity contribution in [2.75, 3.05) is 19.7 Å². The summed E-state index contributed by atoms with van der Waals surface area (Å²) in [5.74, 6) is -4.99. The van der Waals surface area contributed by atoms with Crippen molar-refractivity contribution in [1.29, 1.82) is 0 Å². The summed E-state index contributed by atoms with van der Waals surface area (Å²) in [7, 11) is 0. The number of hydrogen-bond acceptors (Lipinski definition) is 7. The van der Waals surface area contributed by atoms with E-state index in [4.69, 9.17) is 9.84 Å². The maximum Gasteiger partial charge on any atom is 0.407 e. The van der Waals surface area contributed by atoms with Gasteiger partial charge in [0.1, 0.15) is 12.6 Å². The minimum Gasteiger partial charge on any atom is -0.481 e. The molecule has 4 amide bonds. The first-order chi connectivity index (χ1) is 21.2. The molecule has 44 heavy (non-hydrogen) atoms. The molecule has 1 aliphatic carbocycles. The van der Waals surface area contributed by atoms with Gasteiger partial charge in [-0.3, -0.25) is 24.0 Å². The zero-order valence-electron chi connectivity index (χ0n) is 23.9. The van der Waals surface area contributed by atoms with Crippen LogP contribution < -0.4 is 21.3 Å². The molecule has 3 aromatic rings. The summed E-state index contributed by atoms with van der Waals surface area (Å²) in [5, 5.41) is 18.3. The second kappa shape index (κ2) is 14.6. The number of amides is 4. The van der Waals surface area contributed by atoms with Gasteiger partial charge in [0, 0.05) is 18.0 Å². The van der Waals surface area contributed by atoms with Gasteiger partial charge in [-0.2, -0.15) is 0 Å². The predicted octanol–water partition coefficient (Wildman–Crippen LogP) is 1.99. The lowest BCUT2D eigenvalue weighted by Gasteiger charge is -2.25. The van der Waals surface area contributed by atoms with Crippen LogP contribution in [0.15, 0.2) is 78.9 Å². The van der Waals surface area contributed by atoms with Gasteiger partial charge in [0.2, 0.25) is 11.7 Å². The van der Waals surface area contributed by atoms with Crippen LogP contribution in [0.2, 0.25) is 0 Å². The Morgan fingerprint density at radius 2 is 1.39 bits per heavy atom. The Bertz CT molecular complexity index is 1510. The number of ether oxygens (including phenoxy) is 1. The molecule has 0 heterocycles. The number of carbonyl (C=O) groups is 6. The first kappa shape index (κ1) is 31.4. The predicted molar refractivity (Wildman–Crippen MR) is 159 cm³/mol. The molecular weight excluding hydrogens is 568 g/mol. The highest BCUT2D eigenvalue weighted by Crippen LogP contribution is 2.44. The van der Waals surface area contributed by atoms with E-state index in [1.165, 1.54) is 6.92 Å². The number of fused-ring (bicyclic) bond motifs is 3. The molecule has 0 spiro atoms. The van der Waals surface area contributed by atoms with Gasteiger partial charge >= 0.3 is 12.1 Å². The van der Waals surface area contributed by atoms with Crippen LogP contribution in [0, 0.1) is 0 Å². The van der Waals surface area contributed by atoms with Crippen molar-refractivity contribution < 1.29 is 38.6 Å². The quantitative estimate of drug-likeness (QED) is 0.185. The fourth-order valence-electron chi connectivity index (χ4n) is 4.91. The molecule has 0 aliphatic heterocycles. The van der Waals surface area contributed by atoms with Crippen molar-refractivity contribution >= 4 is 35.6 Å². The summed E-state index contributed by atoms with van der Waals surface area (Å²) in [6, 6.07) is 21.1. The molecule has 0 aromatic heterocycles. The standard InChI is InChI=1S/C32H32N4O8/c1-19(35-32(43)44-18-25-23-13-7-5-11-21(23)22-12-6-8-14-24(22)25)28(29(40)31(42)33-16-15-27(38)39)36-26(37)17-34-30(41)20-9-3-2-4-10-20/h2-14,19,25,28H,15-18H2,1H3,(H,33,42)(H,34,41)(H,35,43)(H,36,37)(H,38,39)/t19-,28+/m1/s1. The summed E-state index contributed by atoms with van der Waals surface area (Å²) in [6.45, 7) is 0.563. The highest BCUT2D eigenvalue weighted by atomic mass is 16.5. The van der Waals surface area contributed by atoms with Crippen LogP contribution in [-0.2, 0) is 23.9 Å². The van der Waals surface area contributed by atoms with E-state index in [9.17, 15) is 28.8 Å². The number of Topliss-reactive ketones (excluding diaryl/α,β-unsaturated/α-hetero) is 1. The van der Waals surface area contributed by atoms with Crippen LogP contribution >= 0.6 is 0 Å². The van der Waals surface area contributed by atoms with Crippen LogP contribution in [0.3, 0.4) is 0 Å². The van der Waals surface area contributed by atoms with Gasteiger partial charge in [-0.1, -0.05) is 66.7 Å². The Morgan fingerprint density at radius 1 is 0.795 bits per heavy atom. The van der Waals surface area contributed by atoms with Crippen molar-refractivity contribution in [2.45, 2.75) is 31.3 Å². The normalized spacial score (nSPS) is 12.9. The number of rotatable bonds is 13. The molecule has 2 atom stereocenters. The average molecular weight is 601 g/mol. The van der Waals surface area contributed by atoms with Gasteiger partial charge in [0.25, 0.3) is 11.8 Å². The number of benzene rings is 3. The van der Waals surface area contributed by atoms with E-state index < -0.39 is 60.6 Å². The Morgan fingerprint density at radius 3 is 2.00 bits per heavy atom. The third-order valence-electron chi connectivity index (χ3n) is 7.08. The minimum atomic E-state index is -1.55. The van der Waals surface area contributed by atoms with E-state index in [0.717, 1.165) is 22.3 Å². The Hall–Kier alpha value is -5.52. The number of alkyl carbamates (subject to hydrolysis) is 1. The second-order valence-electron chi connectivity index (χ2n) is 10.1. The SMILES string of the molecule is C[C@@H](NC(=O)OCC1c2ccccc2-c2ccccc21)[C@H](NC(=O)CNC(=O)c1ccccc1)C(=O)C(=O)NCCC(=O)O. The summed E-state index contributed by atoms with van der Waals surface area (Å²) in [4.78, 5) is 74.2. The highest BCUT2D eigenvalue weighted by Gasteiger charge is 2.34. The third-order valence-corrected chi connectivity index (χ3v) is 7.08. The van der Waals surface area contributed by atoms with Gasteiger partial charge in [0.05, 0.1) is 19.0 Å². The topological polar surface area (TPSA) is 180 Å². The number of nitrogens with one attached hydrogen (secondary N) is 4. The van der Waals surface area contributed by atoms with Gasteiger partial charge in [-0.25, -0.2) is 4.79 Å². The van der Waals surface area contributed by atoms with Gasteiger partial charge in [-0.05, 0) is 41.3 Å².